The lowest BCUT2D eigenvalue weighted by Gasteiger charge is -2.25. The molecule has 2 rings (SSSR count). The number of nitrogens with two attached hydrogens (primary N) is 1. The molecular weight excluding hydrogens is 304 g/mol. The van der Waals surface area contributed by atoms with E-state index in [1.807, 2.05) is 23.1 Å². The fraction of sp³-hybridized carbons (Fsp3) is 0.467. The topological polar surface area (TPSA) is 55.6 Å². The number of carbonyl (C=O) groups is 1. The number of benzene rings is 1. The first kappa shape index (κ1) is 16.3. The van der Waals surface area contributed by atoms with Crippen molar-refractivity contribution in [3.63, 3.8) is 0 Å². The van der Waals surface area contributed by atoms with Crippen LogP contribution in [-0.2, 0) is 9.53 Å². The monoisotopic (exact) mass is 324 g/mol. The van der Waals surface area contributed by atoms with Gasteiger partial charge < -0.3 is 15.4 Å². The molecule has 0 saturated carbocycles. The van der Waals surface area contributed by atoms with Crippen LogP contribution in [0.3, 0.4) is 0 Å². The van der Waals surface area contributed by atoms with Crippen molar-refractivity contribution >= 4 is 34.9 Å². The van der Waals surface area contributed by atoms with Crippen LogP contribution in [0.5, 0.6) is 0 Å². The average molecular weight is 324 g/mol. The third kappa shape index (κ3) is 4.18. The third-order valence-electron chi connectivity index (χ3n) is 3.50. The Labute approximate surface area is 135 Å². The molecule has 0 radical (unpaired) electrons. The average Bonchev–Trinajstić information content (AvgIpc) is 2.90. The highest BCUT2D eigenvalue weighted by atomic mass is 32.2. The van der Waals surface area contributed by atoms with Crippen LogP contribution in [0, 0.1) is 0 Å². The smallest absolute Gasteiger partial charge is 0.231 e. The number of rotatable bonds is 7. The van der Waals surface area contributed by atoms with Crippen molar-refractivity contribution < 1.29 is 9.53 Å². The molecule has 6 heteroatoms. The molecule has 0 bridgehead atoms. The quantitative estimate of drug-likeness (QED) is 0.778. The highest BCUT2D eigenvalue weighted by molar-refractivity contribution is 7.99. The molecule has 0 saturated heterocycles. The Kier molecular flexibility index (Phi) is 6.02. The summed E-state index contributed by atoms with van der Waals surface area (Å²) in [4.78, 5) is 16.3. The molecule has 1 atom stereocenters. The summed E-state index contributed by atoms with van der Waals surface area (Å²) in [6.07, 6.45) is 0.548. The fourth-order valence-electron chi connectivity index (χ4n) is 2.37. The number of carbonyl (C=O) groups excluding carboxylic acids is 1. The number of hydrogen-bond acceptors (Lipinski definition) is 4. The van der Waals surface area contributed by atoms with Crippen LogP contribution in [0.4, 0.5) is 0 Å². The van der Waals surface area contributed by atoms with E-state index in [1.54, 1.807) is 18.9 Å². The van der Waals surface area contributed by atoms with Gasteiger partial charge in [0, 0.05) is 37.3 Å². The minimum atomic E-state index is -0.0746. The molecular formula is C15H20N2O2S2. The molecule has 0 aliphatic carbocycles. The molecule has 1 aliphatic heterocycles. The Morgan fingerprint density at radius 3 is 2.95 bits per heavy atom. The van der Waals surface area contributed by atoms with Gasteiger partial charge in [-0.2, -0.15) is 0 Å². The van der Waals surface area contributed by atoms with Crippen LogP contribution in [0.2, 0.25) is 0 Å². The molecule has 0 spiro atoms. The summed E-state index contributed by atoms with van der Waals surface area (Å²) in [6, 6.07) is 8.11. The number of nitrogens with zero attached hydrogens (tertiary/aromatic N) is 1. The first-order valence-corrected chi connectivity index (χ1v) is 8.30. The number of amides is 1. The maximum absolute atomic E-state index is 12.8. The number of fused-ring (bicyclic) bond motifs is 1. The van der Waals surface area contributed by atoms with Crippen molar-refractivity contribution in [3.8, 4) is 0 Å². The number of ether oxygens (including phenoxy) is 1. The van der Waals surface area contributed by atoms with Crippen LogP contribution < -0.4 is 5.73 Å². The zero-order chi connectivity index (χ0) is 15.2. The summed E-state index contributed by atoms with van der Waals surface area (Å²) >= 11 is 6.66. The Hall–Kier alpha value is -1.11. The van der Waals surface area contributed by atoms with Crippen LogP contribution in [0.1, 0.15) is 17.9 Å². The second-order valence-electron chi connectivity index (χ2n) is 4.94. The zero-order valence-electron chi connectivity index (χ0n) is 12.1. The molecule has 1 heterocycles. The van der Waals surface area contributed by atoms with E-state index in [4.69, 9.17) is 22.7 Å². The number of thioether (sulfide) groups is 1. The van der Waals surface area contributed by atoms with Crippen LogP contribution in [0.15, 0.2) is 29.2 Å². The normalized spacial score (nSPS) is 16.5. The lowest BCUT2D eigenvalue weighted by Crippen LogP contribution is -2.39. The van der Waals surface area contributed by atoms with E-state index in [1.165, 1.54) is 4.90 Å². The number of thiocarbonyl (C=S) groups is 1. The van der Waals surface area contributed by atoms with E-state index < -0.39 is 0 Å². The van der Waals surface area contributed by atoms with Crippen LogP contribution in [0.25, 0.3) is 0 Å². The third-order valence-corrected chi connectivity index (χ3v) is 4.89. The van der Waals surface area contributed by atoms with Gasteiger partial charge in [0.05, 0.1) is 17.5 Å². The van der Waals surface area contributed by atoms with E-state index in [2.05, 4.69) is 6.07 Å². The Morgan fingerprint density at radius 1 is 1.48 bits per heavy atom. The van der Waals surface area contributed by atoms with Gasteiger partial charge in [-0.25, -0.2) is 0 Å². The Morgan fingerprint density at radius 2 is 2.24 bits per heavy atom. The zero-order valence-corrected chi connectivity index (χ0v) is 13.7. The molecule has 114 valence electrons. The van der Waals surface area contributed by atoms with Gasteiger partial charge in [0.15, 0.2) is 0 Å². The van der Waals surface area contributed by atoms with E-state index >= 15 is 0 Å². The van der Waals surface area contributed by atoms with Gasteiger partial charge in [-0.15, -0.1) is 11.8 Å². The number of methoxy groups -OCH3 is 1. The van der Waals surface area contributed by atoms with Gasteiger partial charge in [-0.05, 0) is 11.6 Å². The predicted molar refractivity (Wildman–Crippen MR) is 89.8 cm³/mol. The summed E-state index contributed by atoms with van der Waals surface area (Å²) in [5.74, 6) is 0.865. The summed E-state index contributed by atoms with van der Waals surface area (Å²) in [6.45, 7) is 1.65. The van der Waals surface area contributed by atoms with Crippen molar-refractivity contribution in [3.05, 3.63) is 29.8 Å². The first-order valence-electron chi connectivity index (χ1n) is 6.91. The molecule has 21 heavy (non-hydrogen) atoms. The van der Waals surface area contributed by atoms with E-state index in [9.17, 15) is 4.79 Å². The standard InChI is InChI=1S/C15H20N2O2S2/c1-19-9-8-17(7-6-14(16)20)15(18)12-10-21-13-5-3-2-4-11(12)13/h2-5,12H,6-10H2,1H3,(H2,16,20). The molecule has 1 aromatic rings. The second kappa shape index (κ2) is 7.77. The van der Waals surface area contributed by atoms with E-state index in [0.29, 0.717) is 31.1 Å². The Bertz CT molecular complexity index is 522. The first-order chi connectivity index (χ1) is 10.1. The highest BCUT2D eigenvalue weighted by Gasteiger charge is 2.31. The molecule has 0 aromatic heterocycles. The van der Waals surface area contributed by atoms with Crippen LogP contribution >= 0.6 is 24.0 Å². The van der Waals surface area contributed by atoms with Gasteiger partial charge in [0.2, 0.25) is 5.91 Å². The summed E-state index contributed by atoms with van der Waals surface area (Å²) < 4.78 is 5.10. The molecule has 1 unspecified atom stereocenters. The molecule has 0 fully saturated rings. The summed E-state index contributed by atoms with van der Waals surface area (Å²) in [5, 5.41) is 0. The van der Waals surface area contributed by atoms with Crippen LogP contribution in [-0.4, -0.2) is 48.4 Å². The minimum absolute atomic E-state index is 0.0746. The van der Waals surface area contributed by atoms with Crippen molar-refractivity contribution in [2.75, 3.05) is 32.6 Å². The van der Waals surface area contributed by atoms with Gasteiger partial charge in [0.1, 0.15) is 0 Å². The minimum Gasteiger partial charge on any atom is -0.393 e. The molecule has 1 amide bonds. The van der Waals surface area contributed by atoms with Crippen molar-refractivity contribution in [2.24, 2.45) is 5.73 Å². The van der Waals surface area contributed by atoms with Gasteiger partial charge >= 0.3 is 0 Å². The fourth-order valence-corrected chi connectivity index (χ4v) is 3.68. The number of hydrogen-bond donors (Lipinski definition) is 1. The van der Waals surface area contributed by atoms with E-state index in [0.717, 1.165) is 11.3 Å². The predicted octanol–water partition coefficient (Wildman–Crippen LogP) is 2.03. The second-order valence-corrected chi connectivity index (χ2v) is 6.52. The van der Waals surface area contributed by atoms with Gasteiger partial charge in [-0.3, -0.25) is 4.79 Å². The molecule has 2 N–H and O–H groups in total. The molecule has 1 aliphatic rings. The lowest BCUT2D eigenvalue weighted by atomic mass is 10.00. The molecule has 4 nitrogen and oxygen atoms in total. The van der Waals surface area contributed by atoms with E-state index in [-0.39, 0.29) is 11.8 Å². The Balaban J connectivity index is 2.09. The van der Waals surface area contributed by atoms with Gasteiger partial charge in [-0.1, -0.05) is 30.4 Å². The molecule has 1 aromatic carbocycles. The summed E-state index contributed by atoms with van der Waals surface area (Å²) in [7, 11) is 1.64. The highest BCUT2D eigenvalue weighted by Crippen LogP contribution is 2.40. The lowest BCUT2D eigenvalue weighted by molar-refractivity contribution is -0.132. The van der Waals surface area contributed by atoms with Crippen molar-refractivity contribution in [1.82, 2.24) is 4.90 Å². The maximum Gasteiger partial charge on any atom is 0.231 e. The summed E-state index contributed by atoms with van der Waals surface area (Å²) in [5.41, 5.74) is 6.69. The van der Waals surface area contributed by atoms with Crippen molar-refractivity contribution in [1.29, 1.82) is 0 Å². The SMILES string of the molecule is COCCN(CCC(N)=S)C(=O)C1CSc2ccccc21. The van der Waals surface area contributed by atoms with Gasteiger partial charge in [0.25, 0.3) is 0 Å². The largest absolute Gasteiger partial charge is 0.393 e. The van der Waals surface area contributed by atoms with Crippen molar-refractivity contribution in [2.45, 2.75) is 17.2 Å². The maximum atomic E-state index is 12.8.